The Balaban J connectivity index is 4.14. The highest BCUT2D eigenvalue weighted by molar-refractivity contribution is 4.76. The predicted molar refractivity (Wildman–Crippen MR) is 66.4 cm³/mol. The number of hydrogen-bond acceptors (Lipinski definition) is 0. The summed E-state index contributed by atoms with van der Waals surface area (Å²) in [6.07, 6.45) is 5.89. The lowest BCUT2D eigenvalue weighted by atomic mass is 9.77. The monoisotopic (exact) mass is 196 g/mol. The molecule has 3 atom stereocenters. The maximum Gasteiger partial charge on any atom is -0.0327 e. The van der Waals surface area contributed by atoms with Gasteiger partial charge in [0, 0.05) is 0 Å². The summed E-state index contributed by atoms with van der Waals surface area (Å²) >= 11 is 0. The van der Waals surface area contributed by atoms with E-state index in [9.17, 15) is 0 Å². The largest absolute Gasteiger partial charge is 0.103 e. The van der Waals surface area contributed by atoms with Crippen LogP contribution in [0.1, 0.15) is 53.9 Å². The molecule has 0 amide bonds. The van der Waals surface area contributed by atoms with Crippen LogP contribution in [0.3, 0.4) is 0 Å². The topological polar surface area (TPSA) is 0 Å². The van der Waals surface area contributed by atoms with E-state index in [0.29, 0.717) is 0 Å². The average molecular weight is 196 g/mol. The summed E-state index contributed by atoms with van der Waals surface area (Å²) in [5.74, 6) is 3.36. The first-order valence-corrected chi connectivity index (χ1v) is 6.13. The van der Waals surface area contributed by atoms with E-state index in [-0.39, 0.29) is 0 Å². The van der Waals surface area contributed by atoms with Gasteiger partial charge in [0.05, 0.1) is 0 Å². The molecule has 14 heavy (non-hydrogen) atoms. The average Bonchev–Trinajstić information content (AvgIpc) is 2.13. The van der Waals surface area contributed by atoms with Gasteiger partial charge in [-0.15, -0.1) is 6.58 Å². The second kappa shape index (κ2) is 7.09. The Hall–Kier alpha value is -0.260. The van der Waals surface area contributed by atoms with Gasteiger partial charge in [-0.05, 0) is 36.5 Å². The van der Waals surface area contributed by atoms with Gasteiger partial charge >= 0.3 is 0 Å². The fraction of sp³-hybridized carbons (Fsp3) is 0.857. The van der Waals surface area contributed by atoms with Crippen molar-refractivity contribution in [2.45, 2.75) is 53.9 Å². The quantitative estimate of drug-likeness (QED) is 0.508. The molecule has 0 radical (unpaired) electrons. The minimum Gasteiger partial charge on any atom is -0.103 e. The van der Waals surface area contributed by atoms with Gasteiger partial charge in [-0.3, -0.25) is 0 Å². The molecule has 0 saturated carbocycles. The lowest BCUT2D eigenvalue weighted by Crippen LogP contribution is -2.20. The summed E-state index contributed by atoms with van der Waals surface area (Å²) in [7, 11) is 0. The zero-order chi connectivity index (χ0) is 11.1. The molecule has 0 fully saturated rings. The molecule has 3 unspecified atom stereocenters. The van der Waals surface area contributed by atoms with E-state index < -0.39 is 0 Å². The van der Waals surface area contributed by atoms with Crippen LogP contribution in [0.4, 0.5) is 0 Å². The van der Waals surface area contributed by atoms with Gasteiger partial charge in [0.1, 0.15) is 0 Å². The Morgan fingerprint density at radius 3 is 2.07 bits per heavy atom. The van der Waals surface area contributed by atoms with Crippen LogP contribution >= 0.6 is 0 Å². The molecule has 0 aliphatic carbocycles. The third-order valence-corrected chi connectivity index (χ3v) is 3.47. The van der Waals surface area contributed by atoms with Crippen LogP contribution in [0, 0.1) is 23.7 Å². The molecule has 0 nitrogen and oxygen atoms in total. The van der Waals surface area contributed by atoms with Crippen molar-refractivity contribution in [1.82, 2.24) is 0 Å². The molecule has 0 aromatic rings. The maximum atomic E-state index is 3.82. The smallest absolute Gasteiger partial charge is 0.0327 e. The van der Waals surface area contributed by atoms with Crippen LogP contribution < -0.4 is 0 Å². The SMILES string of the molecule is C=CCC(C)CC(C(C)C)C(C)CC. The summed E-state index contributed by atoms with van der Waals surface area (Å²) in [6.45, 7) is 15.6. The van der Waals surface area contributed by atoms with Crippen molar-refractivity contribution >= 4 is 0 Å². The minimum absolute atomic E-state index is 0.800. The third kappa shape index (κ3) is 4.83. The highest BCUT2D eigenvalue weighted by Gasteiger charge is 2.21. The first-order valence-electron chi connectivity index (χ1n) is 6.13. The first-order chi connectivity index (χ1) is 6.52. The predicted octanol–water partition coefficient (Wildman–Crippen LogP) is 4.91. The fourth-order valence-electron chi connectivity index (χ4n) is 2.31. The number of allylic oxidation sites excluding steroid dienone is 1. The van der Waals surface area contributed by atoms with Crippen molar-refractivity contribution in [3.63, 3.8) is 0 Å². The normalized spacial score (nSPS) is 17.9. The standard InChI is InChI=1S/C14H28/c1-7-9-12(5)10-14(11(3)4)13(6)8-2/h7,11-14H,1,8-10H2,2-6H3. The van der Waals surface area contributed by atoms with Gasteiger partial charge in [0.15, 0.2) is 0 Å². The van der Waals surface area contributed by atoms with E-state index in [1.807, 2.05) is 0 Å². The number of rotatable bonds is 7. The maximum absolute atomic E-state index is 3.82. The molecule has 0 N–H and O–H groups in total. The molecule has 0 aliphatic rings. The van der Waals surface area contributed by atoms with Crippen LogP contribution in [0.25, 0.3) is 0 Å². The lowest BCUT2D eigenvalue weighted by molar-refractivity contribution is 0.217. The van der Waals surface area contributed by atoms with Gasteiger partial charge in [-0.25, -0.2) is 0 Å². The molecule has 0 aliphatic heterocycles. The highest BCUT2D eigenvalue weighted by atomic mass is 14.3. The van der Waals surface area contributed by atoms with Gasteiger partial charge in [0.25, 0.3) is 0 Å². The van der Waals surface area contributed by atoms with Crippen molar-refractivity contribution < 1.29 is 0 Å². The summed E-state index contributed by atoms with van der Waals surface area (Å²) in [5.41, 5.74) is 0. The molecule has 0 spiro atoms. The molecule has 0 heteroatoms. The molecule has 0 aromatic carbocycles. The summed E-state index contributed by atoms with van der Waals surface area (Å²) in [6, 6.07) is 0. The van der Waals surface area contributed by atoms with Gasteiger partial charge in [-0.2, -0.15) is 0 Å². The van der Waals surface area contributed by atoms with Crippen LogP contribution in [-0.4, -0.2) is 0 Å². The van der Waals surface area contributed by atoms with Crippen LogP contribution in [0.15, 0.2) is 12.7 Å². The summed E-state index contributed by atoms with van der Waals surface area (Å²) in [5, 5.41) is 0. The summed E-state index contributed by atoms with van der Waals surface area (Å²) in [4.78, 5) is 0. The zero-order valence-corrected chi connectivity index (χ0v) is 10.7. The zero-order valence-electron chi connectivity index (χ0n) is 10.7. The van der Waals surface area contributed by atoms with E-state index in [1.54, 1.807) is 0 Å². The van der Waals surface area contributed by atoms with Crippen molar-refractivity contribution in [3.8, 4) is 0 Å². The molecule has 0 saturated heterocycles. The molecule has 0 bridgehead atoms. The molecule has 0 rings (SSSR count). The van der Waals surface area contributed by atoms with E-state index in [4.69, 9.17) is 0 Å². The van der Waals surface area contributed by atoms with Crippen LogP contribution in [-0.2, 0) is 0 Å². The van der Waals surface area contributed by atoms with Crippen LogP contribution in [0.2, 0.25) is 0 Å². The van der Waals surface area contributed by atoms with Crippen molar-refractivity contribution in [2.75, 3.05) is 0 Å². The van der Waals surface area contributed by atoms with Crippen LogP contribution in [0.5, 0.6) is 0 Å². The van der Waals surface area contributed by atoms with Crippen molar-refractivity contribution in [3.05, 3.63) is 12.7 Å². The third-order valence-electron chi connectivity index (χ3n) is 3.47. The van der Waals surface area contributed by atoms with Crippen molar-refractivity contribution in [2.24, 2.45) is 23.7 Å². The van der Waals surface area contributed by atoms with E-state index >= 15 is 0 Å². The van der Waals surface area contributed by atoms with Gasteiger partial charge in [0.2, 0.25) is 0 Å². The molecule has 0 aromatic heterocycles. The highest BCUT2D eigenvalue weighted by Crippen LogP contribution is 2.30. The Bertz CT molecular complexity index is 146. The Labute approximate surface area is 90.8 Å². The Kier molecular flexibility index (Phi) is 6.96. The van der Waals surface area contributed by atoms with Gasteiger partial charge in [-0.1, -0.05) is 47.1 Å². The second-order valence-electron chi connectivity index (χ2n) is 5.16. The Morgan fingerprint density at radius 2 is 1.71 bits per heavy atom. The van der Waals surface area contributed by atoms with E-state index in [1.165, 1.54) is 19.3 Å². The fourth-order valence-corrected chi connectivity index (χ4v) is 2.31. The molecule has 84 valence electrons. The van der Waals surface area contributed by atoms with E-state index in [0.717, 1.165) is 23.7 Å². The first kappa shape index (κ1) is 13.7. The molecular weight excluding hydrogens is 168 g/mol. The second-order valence-corrected chi connectivity index (χ2v) is 5.16. The summed E-state index contributed by atoms with van der Waals surface area (Å²) < 4.78 is 0. The van der Waals surface area contributed by atoms with Gasteiger partial charge < -0.3 is 0 Å². The van der Waals surface area contributed by atoms with E-state index in [2.05, 4.69) is 47.3 Å². The minimum atomic E-state index is 0.800. The molecular formula is C14H28. The number of hydrogen-bond donors (Lipinski definition) is 0. The Morgan fingerprint density at radius 1 is 1.14 bits per heavy atom. The molecule has 0 heterocycles. The lowest BCUT2D eigenvalue weighted by Gasteiger charge is -2.29. The van der Waals surface area contributed by atoms with Crippen molar-refractivity contribution in [1.29, 1.82) is 0 Å².